The number of hydrogen-bond acceptors (Lipinski definition) is 3. The number of nitrogens with zero attached hydrogens (tertiary/aromatic N) is 2. The molecule has 2 saturated carbocycles. The van der Waals surface area contributed by atoms with Gasteiger partial charge in [0.1, 0.15) is 13.1 Å². The van der Waals surface area contributed by atoms with Crippen molar-refractivity contribution < 1.29 is 24.6 Å². The smallest absolute Gasteiger partial charge is 0.323 e. The third-order valence-electron chi connectivity index (χ3n) is 4.64. The van der Waals surface area contributed by atoms with Crippen LogP contribution in [0.4, 0.5) is 4.79 Å². The van der Waals surface area contributed by atoms with E-state index in [-0.39, 0.29) is 0 Å². The first-order valence-corrected chi connectivity index (χ1v) is 7.30. The van der Waals surface area contributed by atoms with Crippen molar-refractivity contribution in [2.75, 3.05) is 26.7 Å². The Kier molecular flexibility index (Phi) is 4.69. The highest BCUT2D eigenvalue weighted by molar-refractivity contribution is 5.84. The quantitative estimate of drug-likeness (QED) is 0.760. The maximum atomic E-state index is 12.2. The van der Waals surface area contributed by atoms with Crippen LogP contribution >= 0.6 is 0 Å². The Labute approximate surface area is 123 Å². The number of carbonyl (C=O) groups is 3. The van der Waals surface area contributed by atoms with E-state index in [2.05, 4.69) is 0 Å². The Bertz CT molecular complexity index is 423. The molecule has 7 nitrogen and oxygen atoms in total. The fourth-order valence-electron chi connectivity index (χ4n) is 3.79. The first kappa shape index (κ1) is 15.6. The molecule has 2 bridgehead atoms. The second-order valence-electron chi connectivity index (χ2n) is 6.24. The van der Waals surface area contributed by atoms with Gasteiger partial charge in [0.2, 0.25) is 0 Å². The Morgan fingerprint density at radius 1 is 1.05 bits per heavy atom. The molecule has 2 aliphatic carbocycles. The molecule has 0 saturated heterocycles. The zero-order valence-electron chi connectivity index (χ0n) is 12.2. The molecule has 3 unspecified atom stereocenters. The molecule has 2 amide bonds. The van der Waals surface area contributed by atoms with Gasteiger partial charge in [-0.2, -0.15) is 0 Å². The fourth-order valence-corrected chi connectivity index (χ4v) is 3.79. The van der Waals surface area contributed by atoms with E-state index in [1.165, 1.54) is 24.2 Å². The first-order chi connectivity index (χ1) is 9.86. The number of carboxylic acid groups (broad SMARTS) is 2. The van der Waals surface area contributed by atoms with Crippen LogP contribution < -0.4 is 0 Å². The van der Waals surface area contributed by atoms with Gasteiger partial charge in [-0.1, -0.05) is 6.42 Å². The molecule has 0 aromatic carbocycles. The molecule has 118 valence electrons. The van der Waals surface area contributed by atoms with Crippen molar-refractivity contribution in [3.63, 3.8) is 0 Å². The summed E-state index contributed by atoms with van der Waals surface area (Å²) in [4.78, 5) is 36.1. The van der Waals surface area contributed by atoms with Crippen molar-refractivity contribution in [2.24, 2.45) is 17.8 Å². The van der Waals surface area contributed by atoms with Gasteiger partial charge in [-0.25, -0.2) is 4.79 Å². The normalized spacial score (nSPS) is 26.6. The van der Waals surface area contributed by atoms with Crippen molar-refractivity contribution in [3.8, 4) is 0 Å². The molecule has 21 heavy (non-hydrogen) atoms. The third-order valence-corrected chi connectivity index (χ3v) is 4.64. The molecule has 0 aliphatic heterocycles. The lowest BCUT2D eigenvalue weighted by Gasteiger charge is -2.30. The number of carboxylic acids is 2. The second-order valence-corrected chi connectivity index (χ2v) is 6.24. The Morgan fingerprint density at radius 3 is 2.10 bits per heavy atom. The molecule has 0 aromatic heterocycles. The molecule has 2 aliphatic rings. The van der Waals surface area contributed by atoms with Crippen LogP contribution in [-0.4, -0.2) is 64.7 Å². The maximum absolute atomic E-state index is 12.2. The zero-order chi connectivity index (χ0) is 15.6. The minimum atomic E-state index is -1.21. The van der Waals surface area contributed by atoms with Gasteiger partial charge in [0, 0.05) is 13.6 Å². The average Bonchev–Trinajstić information content (AvgIpc) is 2.98. The van der Waals surface area contributed by atoms with Crippen molar-refractivity contribution >= 4 is 18.0 Å². The van der Waals surface area contributed by atoms with Gasteiger partial charge in [0.25, 0.3) is 0 Å². The van der Waals surface area contributed by atoms with Gasteiger partial charge in [0.15, 0.2) is 0 Å². The lowest BCUT2D eigenvalue weighted by Crippen LogP contribution is -2.47. The molecule has 2 fully saturated rings. The minimum absolute atomic E-state index is 0.467. The number of amides is 2. The Morgan fingerprint density at radius 2 is 1.67 bits per heavy atom. The van der Waals surface area contributed by atoms with E-state index in [9.17, 15) is 14.4 Å². The number of aliphatic carboxylic acids is 2. The van der Waals surface area contributed by atoms with Gasteiger partial charge >= 0.3 is 18.0 Å². The molecule has 2 N–H and O–H groups in total. The number of fused-ring (bicyclic) bond motifs is 2. The standard InChI is InChI=1S/C14H22N2O5/c1-15(6-11-5-9-2-3-10(11)4-9)14(21)16(7-12(17)18)8-13(19)20/h9-11H,2-8H2,1H3,(H,17,18)(H,19,20). The van der Waals surface area contributed by atoms with Crippen LogP contribution in [0.15, 0.2) is 0 Å². The average molecular weight is 298 g/mol. The van der Waals surface area contributed by atoms with Crippen molar-refractivity contribution in [2.45, 2.75) is 25.7 Å². The summed E-state index contributed by atoms with van der Waals surface area (Å²) in [6.07, 6.45) is 4.86. The maximum Gasteiger partial charge on any atom is 0.323 e. The van der Waals surface area contributed by atoms with Crippen molar-refractivity contribution in [1.82, 2.24) is 9.80 Å². The van der Waals surface area contributed by atoms with Crippen LogP contribution in [0.1, 0.15) is 25.7 Å². The molecule has 3 atom stereocenters. The van der Waals surface area contributed by atoms with Gasteiger partial charge in [-0.3, -0.25) is 9.59 Å². The monoisotopic (exact) mass is 298 g/mol. The molecule has 0 aromatic rings. The summed E-state index contributed by atoms with van der Waals surface area (Å²) in [5.74, 6) is -0.514. The van der Waals surface area contributed by atoms with E-state index >= 15 is 0 Å². The van der Waals surface area contributed by atoms with Gasteiger partial charge in [-0.05, 0) is 37.0 Å². The Balaban J connectivity index is 1.92. The summed E-state index contributed by atoms with van der Waals surface area (Å²) in [7, 11) is 1.62. The van der Waals surface area contributed by atoms with Crippen LogP contribution in [0.5, 0.6) is 0 Å². The van der Waals surface area contributed by atoms with E-state index in [4.69, 9.17) is 10.2 Å². The van der Waals surface area contributed by atoms with Crippen LogP contribution in [0.2, 0.25) is 0 Å². The van der Waals surface area contributed by atoms with E-state index < -0.39 is 31.1 Å². The summed E-state index contributed by atoms with van der Waals surface area (Å²) < 4.78 is 0. The van der Waals surface area contributed by atoms with E-state index in [1.54, 1.807) is 7.05 Å². The molecule has 0 heterocycles. The van der Waals surface area contributed by atoms with Crippen LogP contribution in [0, 0.1) is 17.8 Å². The predicted octanol–water partition coefficient (Wildman–Crippen LogP) is 0.946. The van der Waals surface area contributed by atoms with Gasteiger partial charge in [-0.15, -0.1) is 0 Å². The molecule has 0 spiro atoms. The largest absolute Gasteiger partial charge is 0.480 e. The molecule has 7 heteroatoms. The van der Waals surface area contributed by atoms with E-state index in [1.807, 2.05) is 0 Å². The highest BCUT2D eigenvalue weighted by Crippen LogP contribution is 2.48. The van der Waals surface area contributed by atoms with Crippen molar-refractivity contribution in [3.05, 3.63) is 0 Å². The number of carbonyl (C=O) groups excluding carboxylic acids is 1. The summed E-state index contributed by atoms with van der Waals surface area (Å²) in [5, 5.41) is 17.6. The number of rotatable bonds is 6. The lowest BCUT2D eigenvalue weighted by atomic mass is 9.88. The minimum Gasteiger partial charge on any atom is -0.480 e. The topological polar surface area (TPSA) is 98.2 Å². The molecular formula is C14H22N2O5. The predicted molar refractivity (Wildman–Crippen MR) is 73.8 cm³/mol. The summed E-state index contributed by atoms with van der Waals surface area (Å²) in [6.45, 7) is -0.603. The fraction of sp³-hybridized carbons (Fsp3) is 0.786. The molecule has 0 radical (unpaired) electrons. The molecule has 2 rings (SSSR count). The molecular weight excluding hydrogens is 276 g/mol. The SMILES string of the molecule is CN(CC1CC2CCC1C2)C(=O)N(CC(=O)O)CC(=O)O. The van der Waals surface area contributed by atoms with E-state index in [0.717, 1.165) is 17.2 Å². The zero-order valence-corrected chi connectivity index (χ0v) is 12.2. The third kappa shape index (κ3) is 3.86. The number of hydrogen-bond donors (Lipinski definition) is 2. The summed E-state index contributed by atoms with van der Waals surface area (Å²) in [5.41, 5.74) is 0. The first-order valence-electron chi connectivity index (χ1n) is 7.30. The highest BCUT2D eigenvalue weighted by atomic mass is 16.4. The van der Waals surface area contributed by atoms with Crippen LogP contribution in [0.3, 0.4) is 0 Å². The Hall–Kier alpha value is -1.79. The lowest BCUT2D eigenvalue weighted by molar-refractivity contribution is -0.140. The van der Waals surface area contributed by atoms with Crippen LogP contribution in [-0.2, 0) is 9.59 Å². The second kappa shape index (κ2) is 6.32. The number of urea groups is 1. The van der Waals surface area contributed by atoms with Gasteiger partial charge in [0.05, 0.1) is 0 Å². The van der Waals surface area contributed by atoms with Crippen molar-refractivity contribution in [1.29, 1.82) is 0 Å². The summed E-state index contributed by atoms with van der Waals surface area (Å²) >= 11 is 0. The van der Waals surface area contributed by atoms with Gasteiger partial charge < -0.3 is 20.0 Å². The summed E-state index contributed by atoms with van der Waals surface area (Å²) in [6, 6.07) is -0.525. The highest BCUT2D eigenvalue weighted by Gasteiger charge is 2.40. The van der Waals surface area contributed by atoms with E-state index in [0.29, 0.717) is 18.4 Å². The van der Waals surface area contributed by atoms with Crippen LogP contribution in [0.25, 0.3) is 0 Å².